The Morgan fingerprint density at radius 3 is 2.59 bits per heavy atom. The van der Waals surface area contributed by atoms with Crippen LogP contribution in [-0.2, 0) is 9.59 Å². The zero-order valence-electron chi connectivity index (χ0n) is 16.7. The van der Waals surface area contributed by atoms with Crippen LogP contribution in [0.3, 0.4) is 0 Å². The average molecular weight is 432 g/mol. The molecule has 154 valence electrons. The number of hydrogen-bond acceptors (Lipinski definition) is 4. The van der Waals surface area contributed by atoms with Crippen LogP contribution < -0.4 is 10.2 Å². The Morgan fingerprint density at radius 2 is 1.86 bits per heavy atom. The number of likely N-dealkylation sites (N-methyl/N-ethyl adjacent to an activating group) is 1. The molecule has 2 amide bonds. The Kier molecular flexibility index (Phi) is 7.58. The first-order valence-electron chi connectivity index (χ1n) is 9.82. The van der Waals surface area contributed by atoms with Crippen molar-refractivity contribution in [2.75, 3.05) is 36.8 Å². The third-order valence-corrected chi connectivity index (χ3v) is 6.51. The summed E-state index contributed by atoms with van der Waals surface area (Å²) in [4.78, 5) is 30.0. The molecule has 0 saturated carbocycles. The van der Waals surface area contributed by atoms with Gasteiger partial charge >= 0.3 is 0 Å². The van der Waals surface area contributed by atoms with Crippen molar-refractivity contribution in [1.29, 1.82) is 0 Å². The molecule has 1 heterocycles. The smallest absolute Gasteiger partial charge is 0.240 e. The number of benzene rings is 2. The molecule has 0 aliphatic carbocycles. The first kappa shape index (κ1) is 21.7. The topological polar surface area (TPSA) is 52.7 Å². The Balaban J connectivity index is 1.71. The van der Waals surface area contributed by atoms with E-state index in [0.717, 1.165) is 29.2 Å². The molecule has 0 fully saturated rings. The molecule has 1 aliphatic rings. The van der Waals surface area contributed by atoms with Gasteiger partial charge in [0.2, 0.25) is 11.8 Å². The number of carbonyl (C=O) groups excluding carboxylic acids is 2. The van der Waals surface area contributed by atoms with Gasteiger partial charge in [0.05, 0.1) is 17.5 Å². The van der Waals surface area contributed by atoms with Crippen LogP contribution in [0.2, 0.25) is 5.02 Å². The molecule has 0 spiro atoms. The second kappa shape index (κ2) is 10.1. The molecule has 0 aromatic heterocycles. The highest BCUT2D eigenvalue weighted by Gasteiger charge is 2.27. The molecule has 2 aromatic rings. The fraction of sp³-hybridized carbons (Fsp3) is 0.364. The molecule has 3 rings (SSSR count). The summed E-state index contributed by atoms with van der Waals surface area (Å²) in [5.41, 5.74) is 1.80. The maximum atomic E-state index is 12.7. The number of nitrogens with zero attached hydrogens (tertiary/aromatic N) is 2. The monoisotopic (exact) mass is 431 g/mol. The van der Waals surface area contributed by atoms with Gasteiger partial charge in [-0.15, -0.1) is 11.8 Å². The van der Waals surface area contributed by atoms with Gasteiger partial charge in [0.1, 0.15) is 6.54 Å². The van der Waals surface area contributed by atoms with Crippen LogP contribution in [0.5, 0.6) is 0 Å². The number of anilines is 1. The first-order chi connectivity index (χ1) is 14.0. The molecular formula is C22H26ClN3O2S. The summed E-state index contributed by atoms with van der Waals surface area (Å²) in [7, 11) is 0. The fourth-order valence-corrected chi connectivity index (χ4v) is 4.78. The highest BCUT2D eigenvalue weighted by Crippen LogP contribution is 2.34. The summed E-state index contributed by atoms with van der Waals surface area (Å²) in [6.45, 7) is 6.33. The van der Waals surface area contributed by atoms with Crippen LogP contribution in [0.1, 0.15) is 25.5 Å². The summed E-state index contributed by atoms with van der Waals surface area (Å²) in [6, 6.07) is 15.4. The van der Waals surface area contributed by atoms with Gasteiger partial charge in [0.15, 0.2) is 0 Å². The van der Waals surface area contributed by atoms with Crippen LogP contribution in [0, 0.1) is 0 Å². The number of fused-ring (bicyclic) bond motifs is 1. The summed E-state index contributed by atoms with van der Waals surface area (Å²) >= 11 is 7.94. The number of para-hydroxylation sites is 1. The molecule has 1 atom stereocenters. The van der Waals surface area contributed by atoms with Gasteiger partial charge in [-0.3, -0.25) is 14.5 Å². The molecule has 0 bridgehead atoms. The number of carbonyl (C=O) groups is 2. The van der Waals surface area contributed by atoms with Crippen molar-refractivity contribution in [1.82, 2.24) is 10.2 Å². The van der Waals surface area contributed by atoms with Gasteiger partial charge in [-0.05, 0) is 36.9 Å². The number of amides is 2. The van der Waals surface area contributed by atoms with Crippen molar-refractivity contribution in [3.8, 4) is 0 Å². The lowest BCUT2D eigenvalue weighted by atomic mass is 10.0. The maximum Gasteiger partial charge on any atom is 0.240 e. The predicted octanol–water partition coefficient (Wildman–Crippen LogP) is 3.98. The lowest BCUT2D eigenvalue weighted by Gasteiger charge is -2.32. The lowest BCUT2D eigenvalue weighted by Crippen LogP contribution is -2.45. The summed E-state index contributed by atoms with van der Waals surface area (Å²) < 4.78 is 0. The minimum Gasteiger partial charge on any atom is -0.353 e. The van der Waals surface area contributed by atoms with E-state index in [0.29, 0.717) is 17.3 Å². The lowest BCUT2D eigenvalue weighted by molar-refractivity contribution is -0.123. The van der Waals surface area contributed by atoms with Gasteiger partial charge in [0.25, 0.3) is 0 Å². The number of hydrogen-bond donors (Lipinski definition) is 1. The van der Waals surface area contributed by atoms with Crippen molar-refractivity contribution in [3.05, 3.63) is 59.1 Å². The molecule has 1 N–H and O–H groups in total. The molecule has 0 saturated heterocycles. The third kappa shape index (κ3) is 5.13. The Bertz CT molecular complexity index is 873. The Hall–Kier alpha value is -2.02. The van der Waals surface area contributed by atoms with Crippen molar-refractivity contribution >= 4 is 40.9 Å². The van der Waals surface area contributed by atoms with Gasteiger partial charge in [0, 0.05) is 16.5 Å². The maximum absolute atomic E-state index is 12.7. The standard InChI is InChI=1S/C22H26ClN3O2S/c1-3-25(4-2)19(16-9-5-6-10-17(16)23)13-24-21(27)14-26-18-11-7-8-12-20(18)29-15-22(26)28/h5-12,19H,3-4,13-15H2,1-2H3,(H,24,27)/t19-/m0/s1. The summed E-state index contributed by atoms with van der Waals surface area (Å²) in [5.74, 6) is 0.130. The number of thioether (sulfide) groups is 1. The van der Waals surface area contributed by atoms with Crippen LogP contribution in [0.25, 0.3) is 0 Å². The fourth-order valence-electron chi connectivity index (χ4n) is 3.58. The van der Waals surface area contributed by atoms with Crippen LogP contribution in [-0.4, -0.2) is 48.6 Å². The minimum atomic E-state index is -0.177. The van der Waals surface area contributed by atoms with Gasteiger partial charge in [-0.2, -0.15) is 0 Å². The molecule has 2 aromatic carbocycles. The Labute approximate surface area is 181 Å². The van der Waals surface area contributed by atoms with E-state index >= 15 is 0 Å². The van der Waals surface area contributed by atoms with Crippen molar-refractivity contribution in [3.63, 3.8) is 0 Å². The second-order valence-electron chi connectivity index (χ2n) is 6.80. The van der Waals surface area contributed by atoms with E-state index in [-0.39, 0.29) is 24.4 Å². The van der Waals surface area contributed by atoms with E-state index in [1.165, 1.54) is 11.8 Å². The highest BCUT2D eigenvalue weighted by molar-refractivity contribution is 8.00. The normalized spacial score (nSPS) is 14.6. The predicted molar refractivity (Wildman–Crippen MR) is 120 cm³/mol. The molecule has 0 unspecified atom stereocenters. The molecule has 0 radical (unpaired) electrons. The summed E-state index contributed by atoms with van der Waals surface area (Å²) in [6.07, 6.45) is 0. The van der Waals surface area contributed by atoms with E-state index in [1.807, 2.05) is 48.5 Å². The van der Waals surface area contributed by atoms with E-state index in [9.17, 15) is 9.59 Å². The quantitative estimate of drug-likeness (QED) is 0.686. The average Bonchev–Trinajstić information content (AvgIpc) is 2.74. The molecular weight excluding hydrogens is 406 g/mol. The van der Waals surface area contributed by atoms with Gasteiger partial charge < -0.3 is 10.2 Å². The van der Waals surface area contributed by atoms with Crippen molar-refractivity contribution in [2.24, 2.45) is 0 Å². The van der Waals surface area contributed by atoms with Crippen LogP contribution >= 0.6 is 23.4 Å². The minimum absolute atomic E-state index is 0.0178. The molecule has 29 heavy (non-hydrogen) atoms. The van der Waals surface area contributed by atoms with E-state index < -0.39 is 0 Å². The van der Waals surface area contributed by atoms with Crippen LogP contribution in [0.15, 0.2) is 53.4 Å². The van der Waals surface area contributed by atoms with Crippen molar-refractivity contribution in [2.45, 2.75) is 24.8 Å². The number of halogens is 1. The zero-order chi connectivity index (χ0) is 20.8. The van der Waals surface area contributed by atoms with Gasteiger partial charge in [-0.1, -0.05) is 55.8 Å². The SMILES string of the molecule is CCN(CC)[C@@H](CNC(=O)CN1C(=O)CSc2ccccc21)c1ccccc1Cl. The highest BCUT2D eigenvalue weighted by atomic mass is 35.5. The van der Waals surface area contributed by atoms with Crippen LogP contribution in [0.4, 0.5) is 5.69 Å². The number of rotatable bonds is 8. The van der Waals surface area contributed by atoms with E-state index in [1.54, 1.807) is 4.90 Å². The Morgan fingerprint density at radius 1 is 1.17 bits per heavy atom. The van der Waals surface area contributed by atoms with E-state index in [2.05, 4.69) is 24.1 Å². The number of nitrogens with one attached hydrogen (secondary N) is 1. The van der Waals surface area contributed by atoms with Crippen molar-refractivity contribution < 1.29 is 9.59 Å². The molecule has 5 nitrogen and oxygen atoms in total. The largest absolute Gasteiger partial charge is 0.353 e. The summed E-state index contributed by atoms with van der Waals surface area (Å²) in [5, 5.41) is 3.71. The van der Waals surface area contributed by atoms with Gasteiger partial charge in [-0.25, -0.2) is 0 Å². The zero-order valence-corrected chi connectivity index (χ0v) is 18.3. The third-order valence-electron chi connectivity index (χ3n) is 5.12. The second-order valence-corrected chi connectivity index (χ2v) is 8.22. The van der Waals surface area contributed by atoms with E-state index in [4.69, 9.17) is 11.6 Å². The molecule has 1 aliphatic heterocycles. The first-order valence-corrected chi connectivity index (χ1v) is 11.2. The molecule has 7 heteroatoms.